The summed E-state index contributed by atoms with van der Waals surface area (Å²) in [6.07, 6.45) is -1.40. The van der Waals surface area contributed by atoms with Crippen LogP contribution in [0.2, 0.25) is 0 Å². The van der Waals surface area contributed by atoms with Crippen LogP contribution in [0.1, 0.15) is 28.4 Å². The molecule has 3 aromatic rings. The summed E-state index contributed by atoms with van der Waals surface area (Å²) in [5.41, 5.74) is 3.31. The normalized spacial score (nSPS) is 11.6. The quantitative estimate of drug-likeness (QED) is 0.608. The maximum absolute atomic E-state index is 13.9. The molecule has 0 aliphatic rings. The topological polar surface area (TPSA) is 55.4 Å². The van der Waals surface area contributed by atoms with E-state index in [9.17, 15) is 14.0 Å². The van der Waals surface area contributed by atoms with Crippen molar-refractivity contribution >= 4 is 17.6 Å². The zero-order valence-corrected chi connectivity index (χ0v) is 16.3. The van der Waals surface area contributed by atoms with Crippen LogP contribution < -0.4 is 5.32 Å². The molecule has 0 radical (unpaired) electrons. The van der Waals surface area contributed by atoms with Crippen molar-refractivity contribution in [3.05, 3.63) is 101 Å². The van der Waals surface area contributed by atoms with Crippen LogP contribution in [0.3, 0.4) is 0 Å². The highest BCUT2D eigenvalue weighted by Gasteiger charge is 2.26. The Morgan fingerprint density at radius 2 is 1.66 bits per heavy atom. The van der Waals surface area contributed by atoms with E-state index in [2.05, 4.69) is 5.32 Å². The van der Waals surface area contributed by atoms with E-state index in [0.29, 0.717) is 11.3 Å². The maximum Gasteiger partial charge on any atom is 0.311 e. The van der Waals surface area contributed by atoms with E-state index >= 15 is 0 Å². The average Bonchev–Trinajstić information content (AvgIpc) is 2.71. The van der Waals surface area contributed by atoms with Gasteiger partial charge in [0.25, 0.3) is 5.91 Å². The van der Waals surface area contributed by atoms with E-state index in [4.69, 9.17) is 4.74 Å². The van der Waals surface area contributed by atoms with Gasteiger partial charge in [0, 0.05) is 11.3 Å². The molecule has 0 aromatic heterocycles. The van der Waals surface area contributed by atoms with E-state index in [1.807, 2.05) is 38.1 Å². The number of benzene rings is 3. The van der Waals surface area contributed by atoms with Gasteiger partial charge in [0.2, 0.25) is 6.10 Å². The molecule has 0 spiro atoms. The molecule has 0 heterocycles. The lowest BCUT2D eigenvalue weighted by atomic mass is 10.1. The molecule has 29 heavy (non-hydrogen) atoms. The van der Waals surface area contributed by atoms with Crippen LogP contribution in [0.25, 0.3) is 0 Å². The van der Waals surface area contributed by atoms with Crippen LogP contribution in [-0.4, -0.2) is 11.9 Å². The Kier molecular flexibility index (Phi) is 6.39. The van der Waals surface area contributed by atoms with E-state index in [1.54, 1.807) is 36.4 Å². The van der Waals surface area contributed by atoms with E-state index in [1.165, 1.54) is 12.1 Å². The lowest BCUT2D eigenvalue weighted by Crippen LogP contribution is -2.27. The molecule has 148 valence electrons. The Bertz CT molecular complexity index is 1020. The first-order valence-electron chi connectivity index (χ1n) is 9.30. The van der Waals surface area contributed by atoms with Crippen molar-refractivity contribution in [1.29, 1.82) is 0 Å². The molecule has 0 saturated carbocycles. The Balaban J connectivity index is 1.81. The summed E-state index contributed by atoms with van der Waals surface area (Å²) in [5, 5.41) is 2.84. The van der Waals surface area contributed by atoms with Gasteiger partial charge < -0.3 is 10.1 Å². The molecule has 5 heteroatoms. The monoisotopic (exact) mass is 391 g/mol. The zero-order chi connectivity index (χ0) is 20.8. The van der Waals surface area contributed by atoms with E-state index < -0.39 is 23.8 Å². The fourth-order valence-electron chi connectivity index (χ4n) is 2.94. The molecule has 1 unspecified atom stereocenters. The number of carbonyl (C=O) groups is 2. The Hall–Kier alpha value is -3.47. The number of hydrogen-bond acceptors (Lipinski definition) is 3. The number of esters is 1. The largest absolute Gasteiger partial charge is 0.447 e. The summed E-state index contributed by atoms with van der Waals surface area (Å²) in [6.45, 7) is 3.81. The van der Waals surface area contributed by atoms with Crippen LogP contribution >= 0.6 is 0 Å². The molecule has 0 aliphatic heterocycles. The van der Waals surface area contributed by atoms with E-state index in [0.717, 1.165) is 11.1 Å². The zero-order valence-electron chi connectivity index (χ0n) is 16.3. The van der Waals surface area contributed by atoms with Crippen molar-refractivity contribution < 1.29 is 18.7 Å². The van der Waals surface area contributed by atoms with Gasteiger partial charge in [0.05, 0.1) is 6.42 Å². The third-order valence-corrected chi connectivity index (χ3v) is 4.53. The molecule has 0 saturated heterocycles. The summed E-state index contributed by atoms with van der Waals surface area (Å²) in [4.78, 5) is 25.4. The van der Waals surface area contributed by atoms with Crippen molar-refractivity contribution in [2.75, 3.05) is 5.32 Å². The molecule has 0 aliphatic carbocycles. The van der Waals surface area contributed by atoms with Crippen LogP contribution in [0.15, 0.2) is 72.8 Å². The first-order valence-corrected chi connectivity index (χ1v) is 9.30. The first kappa shape index (κ1) is 20.3. The molecule has 0 fully saturated rings. The minimum absolute atomic E-state index is 0.222. The van der Waals surface area contributed by atoms with Crippen molar-refractivity contribution in [3.63, 3.8) is 0 Å². The standard InChI is InChI=1S/C24H22FNO3/c1-16-12-13-17(2)21(14-16)26-24(28)23(18-8-4-3-5-9-18)29-22(27)15-19-10-6-7-11-20(19)25/h3-14,23H,15H2,1-2H3,(H,26,28). The van der Waals surface area contributed by atoms with Crippen molar-refractivity contribution in [2.24, 2.45) is 0 Å². The van der Waals surface area contributed by atoms with Gasteiger partial charge >= 0.3 is 5.97 Å². The Morgan fingerprint density at radius 3 is 2.38 bits per heavy atom. The van der Waals surface area contributed by atoms with Crippen molar-refractivity contribution in [1.82, 2.24) is 0 Å². The van der Waals surface area contributed by atoms with Gasteiger partial charge in [0.15, 0.2) is 0 Å². The van der Waals surface area contributed by atoms with Crippen LogP contribution in [0.5, 0.6) is 0 Å². The average molecular weight is 391 g/mol. The molecule has 3 rings (SSSR count). The summed E-state index contributed by atoms with van der Waals surface area (Å²) < 4.78 is 19.3. The molecule has 1 atom stereocenters. The molecular formula is C24H22FNO3. The van der Waals surface area contributed by atoms with Crippen molar-refractivity contribution in [3.8, 4) is 0 Å². The highest BCUT2D eigenvalue weighted by Crippen LogP contribution is 2.23. The lowest BCUT2D eigenvalue weighted by Gasteiger charge is -2.19. The fourth-order valence-corrected chi connectivity index (χ4v) is 2.94. The van der Waals surface area contributed by atoms with Crippen molar-refractivity contribution in [2.45, 2.75) is 26.4 Å². The van der Waals surface area contributed by atoms with E-state index in [-0.39, 0.29) is 12.0 Å². The minimum Gasteiger partial charge on any atom is -0.447 e. The predicted octanol–water partition coefficient (Wildman–Crippen LogP) is 4.91. The summed E-state index contributed by atoms with van der Waals surface area (Å²) >= 11 is 0. The van der Waals surface area contributed by atoms with Crippen LogP contribution in [0.4, 0.5) is 10.1 Å². The number of hydrogen-bond donors (Lipinski definition) is 1. The Morgan fingerprint density at radius 1 is 0.966 bits per heavy atom. The number of amides is 1. The lowest BCUT2D eigenvalue weighted by molar-refractivity contribution is -0.154. The number of ether oxygens (including phenoxy) is 1. The van der Waals surface area contributed by atoms with Gasteiger partial charge in [-0.1, -0.05) is 60.7 Å². The number of halogens is 1. The summed E-state index contributed by atoms with van der Waals surface area (Å²) in [6, 6.07) is 20.5. The maximum atomic E-state index is 13.9. The summed E-state index contributed by atoms with van der Waals surface area (Å²) in [7, 11) is 0. The Labute approximate surface area is 169 Å². The van der Waals surface area contributed by atoms with Crippen LogP contribution in [-0.2, 0) is 20.7 Å². The van der Waals surface area contributed by atoms with Gasteiger partial charge in [-0.15, -0.1) is 0 Å². The second-order valence-electron chi connectivity index (χ2n) is 6.86. The number of anilines is 1. The van der Waals surface area contributed by atoms with Gasteiger partial charge in [-0.3, -0.25) is 9.59 Å². The number of rotatable bonds is 6. The second-order valence-corrected chi connectivity index (χ2v) is 6.86. The highest BCUT2D eigenvalue weighted by atomic mass is 19.1. The third kappa shape index (κ3) is 5.29. The van der Waals surface area contributed by atoms with Gasteiger partial charge in [-0.25, -0.2) is 4.39 Å². The molecule has 0 bridgehead atoms. The number of aryl methyl sites for hydroxylation is 2. The molecule has 1 amide bonds. The van der Waals surface area contributed by atoms with Gasteiger partial charge in [-0.05, 0) is 42.7 Å². The first-order chi connectivity index (χ1) is 13.9. The predicted molar refractivity (Wildman–Crippen MR) is 110 cm³/mol. The molecule has 4 nitrogen and oxygen atoms in total. The van der Waals surface area contributed by atoms with Crippen LogP contribution in [0, 0.1) is 19.7 Å². The second kappa shape index (κ2) is 9.15. The van der Waals surface area contributed by atoms with Gasteiger partial charge in [-0.2, -0.15) is 0 Å². The molecule has 1 N–H and O–H groups in total. The summed E-state index contributed by atoms with van der Waals surface area (Å²) in [5.74, 6) is -1.63. The van der Waals surface area contributed by atoms with Gasteiger partial charge in [0.1, 0.15) is 5.82 Å². The smallest absolute Gasteiger partial charge is 0.311 e. The molecule has 3 aromatic carbocycles. The third-order valence-electron chi connectivity index (χ3n) is 4.53. The molecular weight excluding hydrogens is 369 g/mol. The number of nitrogens with one attached hydrogen (secondary N) is 1. The highest BCUT2D eigenvalue weighted by molar-refractivity contribution is 5.96. The number of carbonyl (C=O) groups excluding carboxylic acids is 2. The SMILES string of the molecule is Cc1ccc(C)c(NC(=O)C(OC(=O)Cc2ccccc2F)c2ccccc2)c1. The fraction of sp³-hybridized carbons (Fsp3) is 0.167. The minimum atomic E-state index is -1.14.